The Bertz CT molecular complexity index is 1260. The van der Waals surface area contributed by atoms with E-state index in [2.05, 4.69) is 4.84 Å². The number of benzene rings is 2. The Kier molecular flexibility index (Phi) is 8.02. The van der Waals surface area contributed by atoms with Crippen LogP contribution in [0.2, 0.25) is 0 Å². The fourth-order valence-electron chi connectivity index (χ4n) is 2.38. The molecule has 0 spiro atoms. The maximum absolute atomic E-state index is 12.5. The van der Waals surface area contributed by atoms with Crippen molar-refractivity contribution in [3.05, 3.63) is 46.5 Å². The number of esters is 1. The zero-order valence-corrected chi connectivity index (χ0v) is 18.1. The van der Waals surface area contributed by atoms with Gasteiger partial charge in [0.15, 0.2) is 4.90 Å². The SMILES string of the molecule is O=C(CCCCO[N+](=O)[O-])Oc1ccc(O)c(S(=O)(=O)Oc2ccc(O)c(S(=O)(=O)O)c2)c1. The molecule has 14 nitrogen and oxygen atoms in total. The normalized spacial score (nSPS) is 11.5. The van der Waals surface area contributed by atoms with E-state index in [4.69, 9.17) is 13.5 Å². The lowest BCUT2D eigenvalue weighted by atomic mass is 10.2. The van der Waals surface area contributed by atoms with Crippen LogP contribution in [0.4, 0.5) is 0 Å². The molecule has 0 unspecified atom stereocenters. The van der Waals surface area contributed by atoms with Crippen molar-refractivity contribution in [3.63, 3.8) is 0 Å². The summed E-state index contributed by atoms with van der Waals surface area (Å²) < 4.78 is 66.4. The number of unbranched alkanes of at least 4 members (excludes halogenated alkanes) is 1. The van der Waals surface area contributed by atoms with Gasteiger partial charge in [-0.15, -0.1) is 10.1 Å². The lowest BCUT2D eigenvalue weighted by Crippen LogP contribution is -2.12. The van der Waals surface area contributed by atoms with Gasteiger partial charge >= 0.3 is 16.1 Å². The second-order valence-electron chi connectivity index (χ2n) is 6.26. The van der Waals surface area contributed by atoms with Gasteiger partial charge in [-0.1, -0.05) is 0 Å². The molecule has 0 fully saturated rings. The van der Waals surface area contributed by atoms with Crippen LogP contribution in [-0.4, -0.2) is 49.3 Å². The predicted octanol–water partition coefficient (Wildman–Crippen LogP) is 1.40. The van der Waals surface area contributed by atoms with Crippen molar-refractivity contribution in [1.29, 1.82) is 0 Å². The van der Waals surface area contributed by atoms with Crippen LogP contribution >= 0.6 is 0 Å². The Morgan fingerprint density at radius 3 is 2.12 bits per heavy atom. The van der Waals surface area contributed by atoms with Crippen molar-refractivity contribution in [1.82, 2.24) is 0 Å². The fourth-order valence-corrected chi connectivity index (χ4v) is 4.00. The average molecular weight is 507 g/mol. The summed E-state index contributed by atoms with van der Waals surface area (Å²) in [5, 5.41) is 28.5. The summed E-state index contributed by atoms with van der Waals surface area (Å²) in [6, 6.07) is 4.99. The average Bonchev–Trinajstić information content (AvgIpc) is 2.69. The summed E-state index contributed by atoms with van der Waals surface area (Å²) >= 11 is 0. The third-order valence-electron chi connectivity index (χ3n) is 3.82. The highest BCUT2D eigenvalue weighted by molar-refractivity contribution is 7.87. The number of hydrogen-bond donors (Lipinski definition) is 3. The summed E-state index contributed by atoms with van der Waals surface area (Å²) in [7, 11) is -9.68. The summed E-state index contributed by atoms with van der Waals surface area (Å²) in [5.74, 6) is -3.31. The lowest BCUT2D eigenvalue weighted by molar-refractivity contribution is -0.757. The molecule has 0 aliphatic rings. The minimum Gasteiger partial charge on any atom is -0.506 e. The van der Waals surface area contributed by atoms with Gasteiger partial charge < -0.3 is 24.0 Å². The van der Waals surface area contributed by atoms with Crippen molar-refractivity contribution < 1.29 is 55.2 Å². The summed E-state index contributed by atoms with van der Waals surface area (Å²) in [6.07, 6.45) is 0.222. The predicted molar refractivity (Wildman–Crippen MR) is 106 cm³/mol. The van der Waals surface area contributed by atoms with E-state index >= 15 is 0 Å². The van der Waals surface area contributed by atoms with E-state index in [1.165, 1.54) is 0 Å². The van der Waals surface area contributed by atoms with E-state index in [-0.39, 0.29) is 31.6 Å². The second-order valence-corrected chi connectivity index (χ2v) is 9.16. The van der Waals surface area contributed by atoms with Gasteiger partial charge in [0, 0.05) is 18.6 Å². The van der Waals surface area contributed by atoms with Crippen LogP contribution in [0.5, 0.6) is 23.0 Å². The molecule has 0 aromatic heterocycles. The van der Waals surface area contributed by atoms with E-state index in [1.54, 1.807) is 0 Å². The van der Waals surface area contributed by atoms with Crippen LogP contribution in [0.3, 0.4) is 0 Å². The first-order chi connectivity index (χ1) is 15.3. The molecule has 0 radical (unpaired) electrons. The molecule has 180 valence electrons. The third kappa shape index (κ3) is 7.48. The number of aromatic hydroxyl groups is 2. The Morgan fingerprint density at radius 2 is 1.52 bits per heavy atom. The highest BCUT2D eigenvalue weighted by Gasteiger charge is 2.25. The number of ether oxygens (including phenoxy) is 1. The van der Waals surface area contributed by atoms with Crippen molar-refractivity contribution in [3.8, 4) is 23.0 Å². The zero-order chi connectivity index (χ0) is 24.8. The topological polar surface area (TPSA) is 217 Å². The number of carbonyl (C=O) groups excluding carboxylic acids is 1. The second kappa shape index (κ2) is 10.3. The highest BCUT2D eigenvalue weighted by atomic mass is 32.2. The van der Waals surface area contributed by atoms with Crippen molar-refractivity contribution >= 4 is 26.2 Å². The van der Waals surface area contributed by atoms with Gasteiger partial charge in [-0.25, -0.2) is 0 Å². The molecule has 0 aliphatic heterocycles. The van der Waals surface area contributed by atoms with E-state index in [9.17, 15) is 42.0 Å². The number of hydrogen-bond acceptors (Lipinski definition) is 12. The number of carbonyl (C=O) groups is 1. The number of rotatable bonds is 11. The monoisotopic (exact) mass is 507 g/mol. The molecule has 0 saturated heterocycles. The van der Waals surface area contributed by atoms with E-state index in [0.717, 1.165) is 30.3 Å². The van der Waals surface area contributed by atoms with E-state index in [0.29, 0.717) is 6.07 Å². The maximum atomic E-state index is 12.5. The van der Waals surface area contributed by atoms with Gasteiger partial charge in [0.1, 0.15) is 27.9 Å². The molecule has 0 saturated carbocycles. The van der Waals surface area contributed by atoms with Gasteiger partial charge in [0.2, 0.25) is 0 Å². The first-order valence-corrected chi connectivity index (χ1v) is 11.7. The molecule has 0 heterocycles. The molecule has 2 rings (SSSR count). The Hall–Kier alpha value is -3.63. The van der Waals surface area contributed by atoms with Crippen molar-refractivity contribution in [2.75, 3.05) is 6.61 Å². The quantitative estimate of drug-likeness (QED) is 0.0746. The summed E-state index contributed by atoms with van der Waals surface area (Å²) in [4.78, 5) is 24.2. The van der Waals surface area contributed by atoms with Crippen LogP contribution in [0.15, 0.2) is 46.2 Å². The Labute approximate surface area is 186 Å². The van der Waals surface area contributed by atoms with Crippen LogP contribution < -0.4 is 8.92 Å². The molecule has 2 aromatic carbocycles. The summed E-state index contributed by atoms with van der Waals surface area (Å²) in [6.45, 7) is -0.213. The third-order valence-corrected chi connectivity index (χ3v) is 5.98. The molecule has 0 atom stereocenters. The molecule has 2 aromatic rings. The molecule has 16 heteroatoms. The summed E-state index contributed by atoms with van der Waals surface area (Å²) in [5.41, 5.74) is 0. The standard InChI is InChI=1S/C17H17NO13S2/c19-13-7-5-12(10-15(13)32(24,25)26)31-33(27,28)16-9-11(4-6-14(16)20)30-17(21)3-1-2-8-29-18(22)23/h4-7,9-10,19-20H,1-3,8H2,(H,24,25,26). The Balaban J connectivity index is 2.14. The molecule has 33 heavy (non-hydrogen) atoms. The van der Waals surface area contributed by atoms with Crippen LogP contribution in [0.25, 0.3) is 0 Å². The van der Waals surface area contributed by atoms with Gasteiger partial charge in [0.25, 0.3) is 15.2 Å². The van der Waals surface area contributed by atoms with Crippen LogP contribution in [-0.2, 0) is 29.9 Å². The minimum absolute atomic E-state index is 0.160. The largest absolute Gasteiger partial charge is 0.506 e. The Morgan fingerprint density at radius 1 is 0.939 bits per heavy atom. The minimum atomic E-state index is -4.89. The molecular formula is C17H17NO13S2. The van der Waals surface area contributed by atoms with Gasteiger partial charge in [-0.05, 0) is 37.1 Å². The molecule has 0 bridgehead atoms. The van der Waals surface area contributed by atoms with E-state index < -0.39 is 58.3 Å². The first kappa shape index (κ1) is 25.6. The first-order valence-electron chi connectivity index (χ1n) is 8.85. The van der Waals surface area contributed by atoms with Crippen molar-refractivity contribution in [2.45, 2.75) is 29.1 Å². The van der Waals surface area contributed by atoms with Crippen molar-refractivity contribution in [2.24, 2.45) is 0 Å². The van der Waals surface area contributed by atoms with E-state index in [1.807, 2.05) is 0 Å². The maximum Gasteiger partial charge on any atom is 0.343 e. The van der Waals surface area contributed by atoms with Crippen LogP contribution in [0.1, 0.15) is 19.3 Å². The molecular weight excluding hydrogens is 490 g/mol. The van der Waals surface area contributed by atoms with Crippen LogP contribution in [0, 0.1) is 10.1 Å². The number of phenolic OH excluding ortho intramolecular Hbond substituents is 2. The van der Waals surface area contributed by atoms with Gasteiger partial charge in [0.05, 0.1) is 6.61 Å². The molecule has 0 aliphatic carbocycles. The molecule has 3 N–H and O–H groups in total. The zero-order valence-electron chi connectivity index (χ0n) is 16.5. The fraction of sp³-hybridized carbons (Fsp3) is 0.235. The number of phenols is 2. The number of nitrogens with zero attached hydrogens (tertiary/aromatic N) is 1. The van der Waals surface area contributed by atoms with Gasteiger partial charge in [-0.2, -0.15) is 16.8 Å². The smallest absolute Gasteiger partial charge is 0.343 e. The van der Waals surface area contributed by atoms with Gasteiger partial charge in [-0.3, -0.25) is 9.35 Å². The molecule has 0 amide bonds. The lowest BCUT2D eigenvalue weighted by Gasteiger charge is -2.11. The highest BCUT2D eigenvalue weighted by Crippen LogP contribution is 2.32.